The van der Waals surface area contributed by atoms with Crippen molar-refractivity contribution in [3.8, 4) is 22.5 Å². The first-order valence-electron chi connectivity index (χ1n) is 19.4. The predicted octanol–water partition coefficient (Wildman–Crippen LogP) is 9.65. The van der Waals surface area contributed by atoms with Crippen LogP contribution in [0.1, 0.15) is 64.7 Å². The molecule has 0 unspecified atom stereocenters. The van der Waals surface area contributed by atoms with E-state index in [1.54, 1.807) is 0 Å². The van der Waals surface area contributed by atoms with Crippen LogP contribution in [0.5, 0.6) is 0 Å². The van der Waals surface area contributed by atoms with Gasteiger partial charge >= 0.3 is 0 Å². The monoisotopic (exact) mass is 732 g/mol. The van der Waals surface area contributed by atoms with Gasteiger partial charge < -0.3 is 4.98 Å². The Bertz CT molecular complexity index is 2450. The minimum Gasteiger partial charge on any atom is -0.310 e. The number of nitrogens with zero attached hydrogens (tertiary/aromatic N) is 5. The van der Waals surface area contributed by atoms with Crippen molar-refractivity contribution in [2.24, 2.45) is 0 Å². The van der Waals surface area contributed by atoms with E-state index in [4.69, 9.17) is 15.3 Å². The summed E-state index contributed by atoms with van der Waals surface area (Å²) in [5.74, 6) is 1.39. The fourth-order valence-electron chi connectivity index (χ4n) is 7.78. The Kier molecular flexibility index (Phi) is 10.8. The molecule has 0 radical (unpaired) electrons. The highest BCUT2D eigenvalue weighted by Crippen LogP contribution is 2.43. The third-order valence-electron chi connectivity index (χ3n) is 10.6. The summed E-state index contributed by atoms with van der Waals surface area (Å²) in [6.07, 6.45) is 4.83. The molecule has 0 aliphatic rings. The van der Waals surface area contributed by atoms with Crippen molar-refractivity contribution in [2.45, 2.75) is 51.0 Å². The minimum absolute atomic E-state index is 0.0471. The average Bonchev–Trinajstić information content (AvgIpc) is 3.75. The molecule has 0 saturated heterocycles. The molecule has 0 amide bonds. The number of aromatic nitrogens is 6. The Balaban J connectivity index is 1.15. The summed E-state index contributed by atoms with van der Waals surface area (Å²) in [4.78, 5) is 21.7. The van der Waals surface area contributed by atoms with Crippen molar-refractivity contribution in [2.75, 3.05) is 0 Å². The number of rotatable bonds is 14. The van der Waals surface area contributed by atoms with Crippen molar-refractivity contribution in [1.82, 2.24) is 30.2 Å². The summed E-state index contributed by atoms with van der Waals surface area (Å²) < 4.78 is 1.97. The van der Waals surface area contributed by atoms with Crippen molar-refractivity contribution in [3.05, 3.63) is 225 Å². The van der Waals surface area contributed by atoms with Crippen LogP contribution in [-0.4, -0.2) is 30.2 Å². The predicted molar refractivity (Wildman–Crippen MR) is 223 cm³/mol. The van der Waals surface area contributed by atoms with Crippen LogP contribution in [0.15, 0.2) is 175 Å². The van der Waals surface area contributed by atoms with Gasteiger partial charge in [-0.1, -0.05) is 183 Å². The van der Waals surface area contributed by atoms with E-state index < -0.39 is 5.54 Å². The summed E-state index contributed by atoms with van der Waals surface area (Å²) in [5.41, 5.74) is 9.08. The summed E-state index contributed by atoms with van der Waals surface area (Å²) in [6, 6.07) is 58.4. The summed E-state index contributed by atoms with van der Waals surface area (Å²) >= 11 is 0. The topological polar surface area (TPSA) is 89.3 Å². The maximum atomic E-state index is 13.6. The van der Waals surface area contributed by atoms with E-state index >= 15 is 0 Å². The lowest BCUT2D eigenvalue weighted by atomic mass is 9.77. The Hall–Kier alpha value is -6.73. The van der Waals surface area contributed by atoms with Crippen molar-refractivity contribution in [1.29, 1.82) is 0 Å². The lowest BCUT2D eigenvalue weighted by molar-refractivity contribution is 0.451. The number of aryl methyl sites for hydroxylation is 3. The second-order valence-electron chi connectivity index (χ2n) is 14.2. The molecule has 0 aliphatic carbocycles. The van der Waals surface area contributed by atoms with E-state index in [0.29, 0.717) is 18.7 Å². The zero-order valence-electron chi connectivity index (χ0n) is 31.6. The van der Waals surface area contributed by atoms with E-state index in [1.165, 1.54) is 5.56 Å². The maximum Gasteiger partial charge on any atom is 0.254 e. The average molecular weight is 733 g/mol. The molecule has 0 aliphatic heterocycles. The molecule has 6 aromatic carbocycles. The van der Waals surface area contributed by atoms with E-state index in [1.807, 2.05) is 53.2 Å². The third-order valence-corrected chi connectivity index (χ3v) is 10.6. The van der Waals surface area contributed by atoms with Gasteiger partial charge in [0.05, 0.1) is 5.69 Å². The van der Waals surface area contributed by atoms with Crippen LogP contribution in [0, 0.1) is 0 Å². The van der Waals surface area contributed by atoms with Crippen molar-refractivity contribution >= 4 is 0 Å². The van der Waals surface area contributed by atoms with Crippen LogP contribution in [0.2, 0.25) is 0 Å². The van der Waals surface area contributed by atoms with E-state index in [-0.39, 0.29) is 5.56 Å². The number of aromatic amines is 1. The van der Waals surface area contributed by atoms with Crippen LogP contribution in [-0.2, 0) is 31.2 Å². The number of unbranched alkanes of at least 4 members (excludes halogenated alkanes) is 1. The number of hydrogen-bond acceptors (Lipinski definition) is 5. The first-order chi connectivity index (χ1) is 27.6. The molecular formula is C49H44N6O. The minimum atomic E-state index is -0.868. The molecule has 1 N–H and O–H groups in total. The van der Waals surface area contributed by atoms with E-state index in [0.717, 1.165) is 81.7 Å². The SMILES string of the molecule is CCCCc1nc(CCc2ccccc2)[nH]c(=O)c1Cc1ccc(-c2ccccc2-c2nnnn2C(c2ccccc2)(c2ccccc2)c2ccccc2)cc1. The molecule has 276 valence electrons. The molecule has 7 nitrogen and oxygen atoms in total. The highest BCUT2D eigenvalue weighted by atomic mass is 16.1. The molecule has 56 heavy (non-hydrogen) atoms. The standard InChI is InChI=1S/C49H44N6O/c1-2-3-28-45-44(48(56)51-46(50-45)34-31-36-18-8-4-9-19-36)35-37-29-32-38(33-30-37)42-26-16-17-27-43(42)47-52-53-54-55(47)49(39-20-10-5-11-21-39,40-22-12-6-13-23-40)41-24-14-7-15-25-41/h4-27,29-30,32-33H,2-3,28,31,34-35H2,1H3,(H,50,51,56). The lowest BCUT2D eigenvalue weighted by Gasteiger charge is -2.36. The quantitative estimate of drug-likeness (QED) is 0.113. The van der Waals surface area contributed by atoms with Gasteiger partial charge in [0.2, 0.25) is 0 Å². The van der Waals surface area contributed by atoms with Crippen LogP contribution < -0.4 is 5.56 Å². The molecular weight excluding hydrogens is 689 g/mol. The van der Waals surface area contributed by atoms with E-state index in [2.05, 4.69) is 138 Å². The molecule has 0 fully saturated rings. The van der Waals surface area contributed by atoms with Crippen LogP contribution in [0.25, 0.3) is 22.5 Å². The molecule has 0 saturated carbocycles. The van der Waals surface area contributed by atoms with Gasteiger partial charge in [-0.2, -0.15) is 0 Å². The largest absolute Gasteiger partial charge is 0.310 e. The third kappa shape index (κ3) is 7.36. The Morgan fingerprint density at radius 2 is 1.14 bits per heavy atom. The lowest BCUT2D eigenvalue weighted by Crippen LogP contribution is -2.39. The fourth-order valence-corrected chi connectivity index (χ4v) is 7.78. The summed E-state index contributed by atoms with van der Waals surface area (Å²) in [6.45, 7) is 2.17. The normalized spacial score (nSPS) is 11.4. The summed E-state index contributed by atoms with van der Waals surface area (Å²) in [7, 11) is 0. The van der Waals surface area contributed by atoms with Crippen molar-refractivity contribution < 1.29 is 0 Å². The molecule has 2 aromatic heterocycles. The van der Waals surface area contributed by atoms with Gasteiger partial charge in [0.15, 0.2) is 5.82 Å². The number of tetrazole rings is 1. The highest BCUT2D eigenvalue weighted by molar-refractivity contribution is 5.81. The summed E-state index contributed by atoms with van der Waals surface area (Å²) in [5, 5.41) is 13.8. The van der Waals surface area contributed by atoms with Gasteiger partial charge in [0.25, 0.3) is 5.56 Å². The molecule has 8 rings (SSSR count). The van der Waals surface area contributed by atoms with Gasteiger partial charge in [-0.25, -0.2) is 9.67 Å². The zero-order chi connectivity index (χ0) is 38.2. The zero-order valence-corrected chi connectivity index (χ0v) is 31.6. The van der Waals surface area contributed by atoms with Gasteiger partial charge in [-0.15, -0.1) is 5.10 Å². The number of benzene rings is 6. The molecule has 8 aromatic rings. The van der Waals surface area contributed by atoms with Gasteiger partial charge in [0.1, 0.15) is 11.4 Å². The smallest absolute Gasteiger partial charge is 0.254 e. The highest BCUT2D eigenvalue weighted by Gasteiger charge is 2.42. The van der Waals surface area contributed by atoms with Crippen LogP contribution in [0.3, 0.4) is 0 Å². The molecule has 2 heterocycles. The Morgan fingerprint density at radius 3 is 1.73 bits per heavy atom. The fraction of sp³-hybridized carbons (Fsp3) is 0.163. The van der Waals surface area contributed by atoms with E-state index in [9.17, 15) is 4.79 Å². The van der Waals surface area contributed by atoms with Gasteiger partial charge in [-0.3, -0.25) is 4.79 Å². The first kappa shape index (κ1) is 36.3. The van der Waals surface area contributed by atoms with Crippen LogP contribution in [0.4, 0.5) is 0 Å². The molecule has 7 heteroatoms. The maximum absolute atomic E-state index is 13.6. The van der Waals surface area contributed by atoms with Crippen molar-refractivity contribution in [3.63, 3.8) is 0 Å². The second kappa shape index (κ2) is 16.7. The van der Waals surface area contributed by atoms with Crippen LogP contribution >= 0.6 is 0 Å². The number of hydrogen-bond donors (Lipinski definition) is 1. The molecule has 0 bridgehead atoms. The first-order valence-corrected chi connectivity index (χ1v) is 19.4. The molecule has 0 atom stereocenters. The number of H-pyrrole nitrogens is 1. The van der Waals surface area contributed by atoms with Gasteiger partial charge in [0, 0.05) is 24.0 Å². The molecule has 0 spiro atoms. The van der Waals surface area contributed by atoms with Gasteiger partial charge in [-0.05, 0) is 68.6 Å². The Morgan fingerprint density at radius 1 is 0.589 bits per heavy atom. The Labute approximate surface area is 327 Å². The second-order valence-corrected chi connectivity index (χ2v) is 14.2. The number of nitrogens with one attached hydrogen (secondary N) is 1.